The molecule has 1 aromatic rings. The quantitative estimate of drug-likeness (QED) is 0.680. The number of rotatable bonds is 3. The van der Waals surface area contributed by atoms with E-state index < -0.39 is 0 Å². The first-order valence-corrected chi connectivity index (χ1v) is 7.29. The normalized spacial score (nSPS) is 28.4. The number of nitro benzene ring substituents is 1. The van der Waals surface area contributed by atoms with Crippen molar-refractivity contribution in [2.24, 2.45) is 0 Å². The van der Waals surface area contributed by atoms with E-state index in [-0.39, 0.29) is 10.6 Å². The molecule has 2 aliphatic heterocycles. The highest BCUT2D eigenvalue weighted by molar-refractivity contribution is 5.61. The summed E-state index contributed by atoms with van der Waals surface area (Å²) in [6.07, 6.45) is 4.80. The minimum absolute atomic E-state index is 0.214. The molecule has 2 aliphatic rings. The minimum atomic E-state index is -0.293. The van der Waals surface area contributed by atoms with E-state index in [0.717, 1.165) is 24.1 Å². The molecule has 20 heavy (non-hydrogen) atoms. The van der Waals surface area contributed by atoms with E-state index in [2.05, 4.69) is 17.3 Å². The maximum Gasteiger partial charge on any atom is 0.274 e. The summed E-state index contributed by atoms with van der Waals surface area (Å²) in [5.74, 6) is 0. The fourth-order valence-corrected chi connectivity index (χ4v) is 3.73. The molecule has 2 unspecified atom stereocenters. The van der Waals surface area contributed by atoms with Crippen molar-refractivity contribution in [3.05, 3.63) is 33.9 Å². The molecule has 0 radical (unpaired) electrons. The Balaban J connectivity index is 1.85. The lowest BCUT2D eigenvalue weighted by Gasteiger charge is -2.37. The zero-order valence-electron chi connectivity index (χ0n) is 12.0. The van der Waals surface area contributed by atoms with E-state index in [0.29, 0.717) is 18.1 Å². The number of nitrogens with zero attached hydrogens (tertiary/aromatic N) is 2. The lowest BCUT2D eigenvalue weighted by molar-refractivity contribution is -0.385. The highest BCUT2D eigenvalue weighted by Crippen LogP contribution is 2.34. The molecule has 0 aliphatic carbocycles. The van der Waals surface area contributed by atoms with Crippen molar-refractivity contribution in [1.29, 1.82) is 0 Å². The number of fused-ring (bicyclic) bond motifs is 2. The van der Waals surface area contributed by atoms with Crippen LogP contribution in [0.2, 0.25) is 0 Å². The number of hydrogen-bond donors (Lipinski definition) is 1. The Bertz CT molecular complexity index is 520. The highest BCUT2D eigenvalue weighted by Gasteiger charge is 2.35. The van der Waals surface area contributed by atoms with Gasteiger partial charge in [-0.1, -0.05) is 6.07 Å². The van der Waals surface area contributed by atoms with Crippen molar-refractivity contribution >= 4 is 11.4 Å². The number of piperidine rings is 1. The van der Waals surface area contributed by atoms with Gasteiger partial charge in [-0.3, -0.25) is 10.1 Å². The minimum Gasteiger partial charge on any atom is -0.371 e. The third kappa shape index (κ3) is 2.26. The smallest absolute Gasteiger partial charge is 0.274 e. The van der Waals surface area contributed by atoms with Crippen molar-refractivity contribution < 1.29 is 4.92 Å². The van der Waals surface area contributed by atoms with Gasteiger partial charge in [-0.25, -0.2) is 0 Å². The molecule has 2 atom stereocenters. The molecule has 2 heterocycles. The van der Waals surface area contributed by atoms with Gasteiger partial charge in [0.25, 0.3) is 5.69 Å². The van der Waals surface area contributed by atoms with Gasteiger partial charge in [-0.05, 0) is 38.7 Å². The van der Waals surface area contributed by atoms with E-state index in [1.54, 1.807) is 12.1 Å². The van der Waals surface area contributed by atoms with Crippen LogP contribution in [0.1, 0.15) is 31.2 Å². The third-order valence-corrected chi connectivity index (χ3v) is 4.85. The zero-order valence-corrected chi connectivity index (χ0v) is 12.0. The maximum atomic E-state index is 11.1. The molecule has 5 heteroatoms. The van der Waals surface area contributed by atoms with Gasteiger partial charge < -0.3 is 10.2 Å². The molecule has 0 amide bonds. The molecule has 0 saturated carbocycles. The van der Waals surface area contributed by atoms with E-state index in [9.17, 15) is 10.1 Å². The van der Waals surface area contributed by atoms with Gasteiger partial charge in [0.15, 0.2) is 0 Å². The molecule has 2 fully saturated rings. The molecule has 3 rings (SSSR count). The van der Waals surface area contributed by atoms with Gasteiger partial charge in [0, 0.05) is 36.9 Å². The van der Waals surface area contributed by atoms with Crippen molar-refractivity contribution in [2.75, 3.05) is 11.9 Å². The van der Waals surface area contributed by atoms with Crippen LogP contribution in [-0.2, 0) is 0 Å². The summed E-state index contributed by atoms with van der Waals surface area (Å²) < 4.78 is 0. The van der Waals surface area contributed by atoms with Gasteiger partial charge in [0.05, 0.1) is 10.5 Å². The molecule has 5 nitrogen and oxygen atoms in total. The molecule has 2 bridgehead atoms. The molecular formula is C15H21N3O2. The topological polar surface area (TPSA) is 58.4 Å². The summed E-state index contributed by atoms with van der Waals surface area (Å²) >= 11 is 0. The van der Waals surface area contributed by atoms with Crippen molar-refractivity contribution in [1.82, 2.24) is 5.32 Å². The number of hydrogen-bond acceptors (Lipinski definition) is 4. The maximum absolute atomic E-state index is 11.1. The first-order chi connectivity index (χ1) is 9.56. The van der Waals surface area contributed by atoms with E-state index in [4.69, 9.17) is 0 Å². The molecule has 108 valence electrons. The van der Waals surface area contributed by atoms with Crippen LogP contribution in [-0.4, -0.2) is 30.1 Å². The van der Waals surface area contributed by atoms with Crippen LogP contribution in [0.25, 0.3) is 0 Å². The zero-order chi connectivity index (χ0) is 14.3. The van der Waals surface area contributed by atoms with Gasteiger partial charge >= 0.3 is 0 Å². The molecule has 1 aromatic carbocycles. The average molecular weight is 275 g/mol. The number of benzene rings is 1. The van der Waals surface area contributed by atoms with Crippen LogP contribution >= 0.6 is 0 Å². The van der Waals surface area contributed by atoms with Crippen LogP contribution < -0.4 is 10.2 Å². The molecule has 0 aromatic heterocycles. The molecule has 0 spiro atoms. The summed E-state index contributed by atoms with van der Waals surface area (Å²) in [4.78, 5) is 13.0. The Morgan fingerprint density at radius 3 is 2.55 bits per heavy atom. The largest absolute Gasteiger partial charge is 0.371 e. The summed E-state index contributed by atoms with van der Waals surface area (Å²) in [5, 5.41) is 14.7. The summed E-state index contributed by atoms with van der Waals surface area (Å²) in [6.45, 7) is 1.85. The first kappa shape index (κ1) is 13.4. The summed E-state index contributed by atoms with van der Waals surface area (Å²) in [6, 6.07) is 7.09. The van der Waals surface area contributed by atoms with Crippen molar-refractivity contribution in [3.63, 3.8) is 0 Å². The Hall–Kier alpha value is -1.62. The first-order valence-electron chi connectivity index (χ1n) is 7.29. The molecule has 1 N–H and O–H groups in total. The SMILES string of the molecule is Cc1c(N(C)C2CC3CCC(C2)N3)cccc1[N+](=O)[O-]. The van der Waals surface area contributed by atoms with E-state index >= 15 is 0 Å². The second-order valence-electron chi connectivity index (χ2n) is 6.05. The number of nitrogens with one attached hydrogen (secondary N) is 1. The van der Waals surface area contributed by atoms with Crippen LogP contribution in [0.5, 0.6) is 0 Å². The lowest BCUT2D eigenvalue weighted by atomic mass is 9.97. The average Bonchev–Trinajstić information content (AvgIpc) is 2.76. The third-order valence-electron chi connectivity index (χ3n) is 4.85. The standard InChI is InChI=1S/C15H21N3O2/c1-10-14(4-3-5-15(10)18(19)20)17(2)13-8-11-6-7-12(9-13)16-11/h3-5,11-13,16H,6-9H2,1-2H3. The predicted octanol–water partition coefficient (Wildman–Crippen LogP) is 2.62. The number of nitro groups is 1. The van der Waals surface area contributed by atoms with E-state index in [1.807, 2.05) is 13.0 Å². The van der Waals surface area contributed by atoms with Crippen molar-refractivity contribution in [2.45, 2.75) is 50.7 Å². The van der Waals surface area contributed by atoms with Crippen LogP contribution in [0, 0.1) is 17.0 Å². The highest BCUT2D eigenvalue weighted by atomic mass is 16.6. The fourth-order valence-electron chi connectivity index (χ4n) is 3.73. The van der Waals surface area contributed by atoms with Crippen LogP contribution in [0.4, 0.5) is 11.4 Å². The Morgan fingerprint density at radius 1 is 1.30 bits per heavy atom. The number of anilines is 1. The van der Waals surface area contributed by atoms with Gasteiger partial charge in [-0.15, -0.1) is 0 Å². The Morgan fingerprint density at radius 2 is 1.95 bits per heavy atom. The van der Waals surface area contributed by atoms with E-state index in [1.165, 1.54) is 12.8 Å². The van der Waals surface area contributed by atoms with Gasteiger partial charge in [0.1, 0.15) is 0 Å². The summed E-state index contributed by atoms with van der Waals surface area (Å²) in [5.41, 5.74) is 1.97. The van der Waals surface area contributed by atoms with Gasteiger partial charge in [0.2, 0.25) is 0 Å². The van der Waals surface area contributed by atoms with Crippen LogP contribution in [0.3, 0.4) is 0 Å². The van der Waals surface area contributed by atoms with Gasteiger partial charge in [-0.2, -0.15) is 0 Å². The van der Waals surface area contributed by atoms with Crippen LogP contribution in [0.15, 0.2) is 18.2 Å². The fraction of sp³-hybridized carbons (Fsp3) is 0.600. The second kappa shape index (κ2) is 5.05. The molecular weight excluding hydrogens is 254 g/mol. The molecule has 2 saturated heterocycles. The Labute approximate surface area is 119 Å². The van der Waals surface area contributed by atoms with Crippen molar-refractivity contribution in [3.8, 4) is 0 Å². The lowest BCUT2D eigenvalue weighted by Crippen LogP contribution is -2.47. The predicted molar refractivity (Wildman–Crippen MR) is 79.2 cm³/mol. The summed E-state index contributed by atoms with van der Waals surface area (Å²) in [7, 11) is 2.07. The Kier molecular flexibility index (Phi) is 3.38. The second-order valence-corrected chi connectivity index (χ2v) is 6.05. The monoisotopic (exact) mass is 275 g/mol.